The summed E-state index contributed by atoms with van der Waals surface area (Å²) in [5.74, 6) is -1.30. The molecule has 2 atom stereocenters. The van der Waals surface area contributed by atoms with Crippen molar-refractivity contribution in [2.75, 3.05) is 13.6 Å². The minimum Gasteiger partial charge on any atom is -0.352 e. The van der Waals surface area contributed by atoms with Gasteiger partial charge in [0.25, 0.3) is 0 Å². The Bertz CT molecular complexity index is 1350. The van der Waals surface area contributed by atoms with Crippen molar-refractivity contribution in [3.63, 3.8) is 0 Å². The van der Waals surface area contributed by atoms with E-state index in [-0.39, 0.29) is 29.8 Å². The lowest BCUT2D eigenvalue weighted by molar-refractivity contribution is -0.141. The maximum atomic E-state index is 13.8. The predicted molar refractivity (Wildman–Crippen MR) is 150 cm³/mol. The second-order valence-electron chi connectivity index (χ2n) is 9.75. The van der Waals surface area contributed by atoms with Gasteiger partial charge in [0.15, 0.2) is 0 Å². The second kappa shape index (κ2) is 13.5. The SMILES string of the molecule is CC[C@H](C)NC(=O)[C@H](Cc1ccccc1)N(Cc1ccc(F)cc1)C(=O)CN(C)S(=O)(=O)c1ccc(C)cc1. The number of rotatable bonds is 12. The molecule has 9 heteroatoms. The molecule has 0 bridgehead atoms. The highest BCUT2D eigenvalue weighted by molar-refractivity contribution is 7.89. The Morgan fingerprint density at radius 2 is 1.54 bits per heavy atom. The van der Waals surface area contributed by atoms with Crippen molar-refractivity contribution in [2.24, 2.45) is 0 Å². The van der Waals surface area contributed by atoms with Crippen molar-refractivity contribution >= 4 is 21.8 Å². The maximum absolute atomic E-state index is 13.8. The molecule has 0 heterocycles. The Morgan fingerprint density at radius 1 is 0.923 bits per heavy atom. The van der Waals surface area contributed by atoms with Gasteiger partial charge in [-0.25, -0.2) is 12.8 Å². The second-order valence-corrected chi connectivity index (χ2v) is 11.8. The van der Waals surface area contributed by atoms with Crippen LogP contribution in [0.1, 0.15) is 37.0 Å². The Kier molecular flexibility index (Phi) is 10.4. The molecule has 3 aromatic carbocycles. The molecule has 39 heavy (non-hydrogen) atoms. The lowest BCUT2D eigenvalue weighted by atomic mass is 10.0. The quantitative estimate of drug-likeness (QED) is 0.362. The van der Waals surface area contributed by atoms with Crippen molar-refractivity contribution in [3.8, 4) is 0 Å². The molecule has 7 nitrogen and oxygen atoms in total. The lowest BCUT2D eigenvalue weighted by Crippen LogP contribution is -2.54. The molecule has 0 saturated heterocycles. The number of hydrogen-bond donors (Lipinski definition) is 1. The van der Waals surface area contributed by atoms with E-state index in [1.165, 1.54) is 36.2 Å². The topological polar surface area (TPSA) is 86.8 Å². The molecule has 0 radical (unpaired) electrons. The summed E-state index contributed by atoms with van der Waals surface area (Å²) in [6.07, 6.45) is 0.928. The van der Waals surface area contributed by atoms with Gasteiger partial charge in [-0.15, -0.1) is 0 Å². The number of halogens is 1. The molecule has 0 unspecified atom stereocenters. The number of nitrogens with zero attached hydrogens (tertiary/aromatic N) is 2. The summed E-state index contributed by atoms with van der Waals surface area (Å²) in [6, 6.07) is 20.3. The minimum atomic E-state index is -3.95. The predicted octanol–water partition coefficient (Wildman–Crippen LogP) is 4.31. The van der Waals surface area contributed by atoms with Gasteiger partial charge in [-0.1, -0.05) is 67.1 Å². The van der Waals surface area contributed by atoms with Crippen LogP contribution in [0, 0.1) is 12.7 Å². The molecule has 0 spiro atoms. The van der Waals surface area contributed by atoms with Gasteiger partial charge in [-0.3, -0.25) is 9.59 Å². The van der Waals surface area contributed by atoms with E-state index in [1.54, 1.807) is 24.3 Å². The summed E-state index contributed by atoms with van der Waals surface area (Å²) in [4.78, 5) is 28.8. The van der Waals surface area contributed by atoms with E-state index in [0.29, 0.717) is 12.0 Å². The fourth-order valence-electron chi connectivity index (χ4n) is 4.04. The number of aryl methyl sites for hydroxylation is 1. The van der Waals surface area contributed by atoms with Crippen LogP contribution in [-0.2, 0) is 32.6 Å². The molecule has 0 aromatic heterocycles. The number of carbonyl (C=O) groups is 2. The highest BCUT2D eigenvalue weighted by atomic mass is 32.2. The van der Waals surface area contributed by atoms with Crippen LogP contribution in [0.2, 0.25) is 0 Å². The Labute approximate surface area is 230 Å². The molecule has 208 valence electrons. The van der Waals surface area contributed by atoms with Gasteiger partial charge in [-0.2, -0.15) is 4.31 Å². The van der Waals surface area contributed by atoms with Crippen LogP contribution in [0.3, 0.4) is 0 Å². The van der Waals surface area contributed by atoms with Crippen molar-refractivity contribution < 1.29 is 22.4 Å². The van der Waals surface area contributed by atoms with Gasteiger partial charge in [0, 0.05) is 26.1 Å². The average Bonchev–Trinajstić information content (AvgIpc) is 2.92. The van der Waals surface area contributed by atoms with Crippen LogP contribution in [0.15, 0.2) is 83.8 Å². The number of hydrogen-bond acceptors (Lipinski definition) is 4. The lowest BCUT2D eigenvalue weighted by Gasteiger charge is -2.33. The van der Waals surface area contributed by atoms with Gasteiger partial charge < -0.3 is 10.2 Å². The third kappa shape index (κ3) is 8.21. The minimum absolute atomic E-state index is 0.00294. The van der Waals surface area contributed by atoms with Crippen molar-refractivity contribution in [2.45, 2.75) is 57.1 Å². The first-order chi connectivity index (χ1) is 18.5. The van der Waals surface area contributed by atoms with Crippen LogP contribution < -0.4 is 5.32 Å². The zero-order valence-corrected chi connectivity index (χ0v) is 23.6. The van der Waals surface area contributed by atoms with E-state index in [0.717, 1.165) is 15.4 Å². The van der Waals surface area contributed by atoms with Gasteiger partial charge >= 0.3 is 0 Å². The average molecular weight is 554 g/mol. The normalized spacial score (nSPS) is 13.1. The number of sulfonamides is 1. The summed E-state index contributed by atoms with van der Waals surface area (Å²) in [5, 5.41) is 2.97. The van der Waals surface area contributed by atoms with Crippen molar-refractivity contribution in [3.05, 3.63) is 101 Å². The number of carbonyl (C=O) groups excluding carboxylic acids is 2. The molecule has 2 amide bonds. The number of benzene rings is 3. The molecule has 0 aliphatic carbocycles. The molecular formula is C30H36FN3O4S. The van der Waals surface area contributed by atoms with E-state index in [1.807, 2.05) is 51.1 Å². The molecule has 0 saturated carbocycles. The summed E-state index contributed by atoms with van der Waals surface area (Å²) >= 11 is 0. The summed E-state index contributed by atoms with van der Waals surface area (Å²) in [5.41, 5.74) is 2.37. The molecule has 0 aliphatic heterocycles. The van der Waals surface area contributed by atoms with Crippen LogP contribution in [0.4, 0.5) is 4.39 Å². The highest BCUT2D eigenvalue weighted by Crippen LogP contribution is 2.19. The molecule has 3 rings (SSSR count). The molecule has 3 aromatic rings. The molecular weight excluding hydrogens is 517 g/mol. The van der Waals surface area contributed by atoms with Crippen molar-refractivity contribution in [1.29, 1.82) is 0 Å². The van der Waals surface area contributed by atoms with Gasteiger partial charge in [0.1, 0.15) is 11.9 Å². The monoisotopic (exact) mass is 553 g/mol. The van der Waals surface area contributed by atoms with Gasteiger partial charge in [0.05, 0.1) is 11.4 Å². The van der Waals surface area contributed by atoms with Gasteiger partial charge in [0.2, 0.25) is 21.8 Å². The van der Waals surface area contributed by atoms with E-state index in [2.05, 4.69) is 5.32 Å². The Hall–Kier alpha value is -3.56. The highest BCUT2D eigenvalue weighted by Gasteiger charge is 2.33. The van der Waals surface area contributed by atoms with Crippen LogP contribution in [0.5, 0.6) is 0 Å². The van der Waals surface area contributed by atoms with Crippen LogP contribution in [-0.4, -0.2) is 55.1 Å². The van der Waals surface area contributed by atoms with Crippen molar-refractivity contribution in [1.82, 2.24) is 14.5 Å². The largest absolute Gasteiger partial charge is 0.352 e. The Balaban J connectivity index is 1.97. The fraction of sp³-hybridized carbons (Fsp3) is 0.333. The zero-order valence-electron chi connectivity index (χ0n) is 22.8. The van der Waals surface area contributed by atoms with Crippen LogP contribution in [0.25, 0.3) is 0 Å². The molecule has 1 N–H and O–H groups in total. The first-order valence-corrected chi connectivity index (χ1v) is 14.4. The number of nitrogens with one attached hydrogen (secondary N) is 1. The third-order valence-corrected chi connectivity index (χ3v) is 8.44. The summed E-state index contributed by atoms with van der Waals surface area (Å²) in [7, 11) is -2.61. The standard InChI is InChI=1S/C30H36FN3O4S/c1-5-23(3)32-30(36)28(19-24-9-7-6-8-10-24)34(20-25-13-15-26(31)16-14-25)29(35)21-33(4)39(37,38)27-17-11-22(2)12-18-27/h6-18,23,28H,5,19-21H2,1-4H3,(H,32,36)/t23-,28-/m0/s1. The fourth-order valence-corrected chi connectivity index (χ4v) is 5.16. The first kappa shape index (κ1) is 30.0. The van der Waals surface area contributed by atoms with E-state index < -0.39 is 34.3 Å². The zero-order chi connectivity index (χ0) is 28.6. The van der Waals surface area contributed by atoms with Crippen LogP contribution >= 0.6 is 0 Å². The molecule has 0 fully saturated rings. The summed E-state index contributed by atoms with van der Waals surface area (Å²) < 4.78 is 41.0. The number of likely N-dealkylation sites (N-methyl/N-ethyl adjacent to an activating group) is 1. The van der Waals surface area contributed by atoms with E-state index in [9.17, 15) is 22.4 Å². The molecule has 0 aliphatic rings. The smallest absolute Gasteiger partial charge is 0.243 e. The maximum Gasteiger partial charge on any atom is 0.243 e. The first-order valence-electron chi connectivity index (χ1n) is 12.9. The van der Waals surface area contributed by atoms with Gasteiger partial charge in [-0.05, 0) is 55.7 Å². The Morgan fingerprint density at radius 3 is 2.13 bits per heavy atom. The van der Waals surface area contributed by atoms with E-state index in [4.69, 9.17) is 0 Å². The number of amides is 2. The van der Waals surface area contributed by atoms with E-state index >= 15 is 0 Å². The third-order valence-electron chi connectivity index (χ3n) is 6.63. The summed E-state index contributed by atoms with van der Waals surface area (Å²) in [6.45, 7) is 5.21.